The van der Waals surface area contributed by atoms with Crippen LogP contribution in [0, 0.1) is 0 Å². The molecule has 5 rings (SSSR count). The van der Waals surface area contributed by atoms with Gasteiger partial charge in [0.25, 0.3) is 11.8 Å². The molecule has 1 saturated heterocycles. The number of furan rings is 1. The number of esters is 1. The molecule has 0 saturated carbocycles. The van der Waals surface area contributed by atoms with Crippen molar-refractivity contribution >= 4 is 46.5 Å². The molecule has 3 heterocycles. The predicted octanol–water partition coefficient (Wildman–Crippen LogP) is 3.74. The number of imide groups is 2. The number of ether oxygens (including phenoxy) is 1. The molecule has 1 N–H and O–H groups in total. The van der Waals surface area contributed by atoms with Crippen LogP contribution in [0.3, 0.4) is 0 Å². The number of nitrogens with one attached hydrogen (secondary N) is 1. The molecule has 1 aliphatic rings. The topological polar surface area (TPSA) is 111 Å². The Balaban J connectivity index is 1.53. The van der Waals surface area contributed by atoms with Gasteiger partial charge in [0.2, 0.25) is 5.76 Å². The SMILES string of the molecule is COC(=O)c1ccc(Cn2cc(/C=C3\C(=O)NC(=O)N(c4ccccc4)C3=O)c3ccccc32)o1. The summed E-state index contributed by atoms with van der Waals surface area (Å²) in [6.07, 6.45) is 3.25. The van der Waals surface area contributed by atoms with Crippen molar-refractivity contribution in [3.05, 3.63) is 95.6 Å². The molecule has 0 atom stereocenters. The minimum atomic E-state index is -0.801. The molecule has 4 amide bonds. The smallest absolute Gasteiger partial charge is 0.373 e. The maximum atomic E-state index is 13.2. The average molecular weight is 469 g/mol. The summed E-state index contributed by atoms with van der Waals surface area (Å²) in [4.78, 5) is 50.8. The Morgan fingerprint density at radius 2 is 1.74 bits per heavy atom. The Morgan fingerprint density at radius 1 is 1.00 bits per heavy atom. The monoisotopic (exact) mass is 469 g/mol. The van der Waals surface area contributed by atoms with Gasteiger partial charge in [-0.05, 0) is 36.4 Å². The lowest BCUT2D eigenvalue weighted by Crippen LogP contribution is -2.54. The number of benzene rings is 2. The number of carbonyl (C=O) groups excluding carboxylic acids is 4. The van der Waals surface area contributed by atoms with Crippen LogP contribution in [-0.4, -0.2) is 35.5 Å². The number of hydrogen-bond donors (Lipinski definition) is 1. The number of amides is 4. The molecule has 35 heavy (non-hydrogen) atoms. The number of urea groups is 1. The third kappa shape index (κ3) is 3.99. The van der Waals surface area contributed by atoms with Crippen molar-refractivity contribution in [2.45, 2.75) is 6.54 Å². The van der Waals surface area contributed by atoms with Gasteiger partial charge < -0.3 is 13.7 Å². The lowest BCUT2D eigenvalue weighted by atomic mass is 10.1. The lowest BCUT2D eigenvalue weighted by molar-refractivity contribution is -0.122. The zero-order valence-corrected chi connectivity index (χ0v) is 18.6. The first-order valence-corrected chi connectivity index (χ1v) is 10.7. The van der Waals surface area contributed by atoms with Crippen molar-refractivity contribution in [3.8, 4) is 0 Å². The average Bonchev–Trinajstić information content (AvgIpc) is 3.47. The van der Waals surface area contributed by atoms with Gasteiger partial charge in [0, 0.05) is 22.7 Å². The number of barbiturate groups is 1. The fraction of sp³-hybridized carbons (Fsp3) is 0.0769. The van der Waals surface area contributed by atoms with Gasteiger partial charge in [0.05, 0.1) is 19.3 Å². The van der Waals surface area contributed by atoms with Crippen LogP contribution in [-0.2, 0) is 20.9 Å². The second kappa shape index (κ2) is 8.79. The van der Waals surface area contributed by atoms with Gasteiger partial charge in [-0.3, -0.25) is 14.9 Å². The van der Waals surface area contributed by atoms with Gasteiger partial charge in [0.15, 0.2) is 0 Å². The Labute approximate surface area is 199 Å². The largest absolute Gasteiger partial charge is 0.463 e. The number of anilines is 1. The van der Waals surface area contributed by atoms with E-state index in [1.165, 1.54) is 19.3 Å². The van der Waals surface area contributed by atoms with Crippen LogP contribution < -0.4 is 10.2 Å². The third-order valence-electron chi connectivity index (χ3n) is 5.61. The highest BCUT2D eigenvalue weighted by Crippen LogP contribution is 2.27. The number of nitrogens with zero attached hydrogens (tertiary/aromatic N) is 2. The van der Waals surface area contributed by atoms with Gasteiger partial charge in [0.1, 0.15) is 11.3 Å². The molecule has 2 aromatic carbocycles. The van der Waals surface area contributed by atoms with E-state index < -0.39 is 23.8 Å². The van der Waals surface area contributed by atoms with Crippen LogP contribution in [0.25, 0.3) is 17.0 Å². The number of rotatable bonds is 5. The van der Waals surface area contributed by atoms with E-state index in [1.807, 2.05) is 28.8 Å². The van der Waals surface area contributed by atoms with E-state index in [4.69, 9.17) is 4.42 Å². The van der Waals surface area contributed by atoms with Crippen molar-refractivity contribution < 1.29 is 28.3 Å². The van der Waals surface area contributed by atoms with Crippen LogP contribution in [0.1, 0.15) is 21.9 Å². The molecule has 9 nitrogen and oxygen atoms in total. The molecular formula is C26H19N3O6. The third-order valence-corrected chi connectivity index (χ3v) is 5.61. The number of fused-ring (bicyclic) bond motifs is 1. The fourth-order valence-corrected chi connectivity index (χ4v) is 3.99. The maximum absolute atomic E-state index is 13.2. The van der Waals surface area contributed by atoms with E-state index in [-0.39, 0.29) is 11.3 Å². The van der Waals surface area contributed by atoms with E-state index in [2.05, 4.69) is 10.1 Å². The summed E-state index contributed by atoms with van der Waals surface area (Å²) in [6, 6.07) is 18.3. The summed E-state index contributed by atoms with van der Waals surface area (Å²) < 4.78 is 12.1. The molecule has 1 fully saturated rings. The quantitative estimate of drug-likeness (QED) is 0.271. The zero-order chi connectivity index (χ0) is 24.5. The summed E-state index contributed by atoms with van der Waals surface area (Å²) in [7, 11) is 1.28. The van der Waals surface area contributed by atoms with E-state index in [0.29, 0.717) is 23.6 Å². The van der Waals surface area contributed by atoms with Crippen molar-refractivity contribution in [2.75, 3.05) is 12.0 Å². The molecule has 0 aliphatic carbocycles. The van der Waals surface area contributed by atoms with E-state index in [0.717, 1.165) is 15.8 Å². The summed E-state index contributed by atoms with van der Waals surface area (Å²) in [5.74, 6) is -1.43. The van der Waals surface area contributed by atoms with Gasteiger partial charge in [-0.2, -0.15) is 0 Å². The highest BCUT2D eigenvalue weighted by atomic mass is 16.5. The molecule has 0 unspecified atom stereocenters. The Hall–Kier alpha value is -4.92. The van der Waals surface area contributed by atoms with Crippen LogP contribution in [0.5, 0.6) is 0 Å². The number of carbonyl (C=O) groups is 4. The first-order valence-electron chi connectivity index (χ1n) is 10.7. The molecule has 0 spiro atoms. The normalized spacial score (nSPS) is 15.1. The van der Waals surface area contributed by atoms with Gasteiger partial charge in [-0.15, -0.1) is 0 Å². The first-order chi connectivity index (χ1) is 17.0. The predicted molar refractivity (Wildman–Crippen MR) is 127 cm³/mol. The molecule has 2 aromatic heterocycles. The summed E-state index contributed by atoms with van der Waals surface area (Å²) in [5, 5.41) is 3.03. The van der Waals surface area contributed by atoms with Crippen molar-refractivity contribution in [1.82, 2.24) is 9.88 Å². The van der Waals surface area contributed by atoms with Gasteiger partial charge in [-0.25, -0.2) is 14.5 Å². The molecule has 0 bridgehead atoms. The second-order valence-electron chi connectivity index (χ2n) is 7.78. The maximum Gasteiger partial charge on any atom is 0.373 e. The molecule has 9 heteroatoms. The van der Waals surface area contributed by atoms with E-state index >= 15 is 0 Å². The lowest BCUT2D eigenvalue weighted by Gasteiger charge is -2.26. The highest BCUT2D eigenvalue weighted by molar-refractivity contribution is 6.39. The molecule has 0 radical (unpaired) electrons. The minimum absolute atomic E-state index is 0.0939. The zero-order valence-electron chi connectivity index (χ0n) is 18.6. The first kappa shape index (κ1) is 21.9. The number of methoxy groups -OCH3 is 1. The van der Waals surface area contributed by atoms with Crippen molar-refractivity contribution in [2.24, 2.45) is 0 Å². The number of aromatic nitrogens is 1. The fourth-order valence-electron chi connectivity index (χ4n) is 3.99. The number of para-hydroxylation sites is 2. The molecular weight excluding hydrogens is 450 g/mol. The van der Waals surface area contributed by atoms with Crippen LogP contribution in [0.15, 0.2) is 82.9 Å². The summed E-state index contributed by atoms with van der Waals surface area (Å²) in [5.41, 5.74) is 1.63. The van der Waals surface area contributed by atoms with Crippen molar-refractivity contribution in [3.63, 3.8) is 0 Å². The number of hydrogen-bond acceptors (Lipinski definition) is 6. The van der Waals surface area contributed by atoms with Crippen LogP contribution in [0.2, 0.25) is 0 Å². The Bertz CT molecular complexity index is 1510. The molecule has 4 aromatic rings. The van der Waals surface area contributed by atoms with Crippen LogP contribution in [0.4, 0.5) is 10.5 Å². The Kier molecular flexibility index (Phi) is 5.50. The Morgan fingerprint density at radius 3 is 2.51 bits per heavy atom. The van der Waals surface area contributed by atoms with Crippen molar-refractivity contribution in [1.29, 1.82) is 0 Å². The van der Waals surface area contributed by atoms with Gasteiger partial charge in [-0.1, -0.05) is 36.4 Å². The minimum Gasteiger partial charge on any atom is -0.463 e. The van der Waals surface area contributed by atoms with E-state index in [9.17, 15) is 19.2 Å². The van der Waals surface area contributed by atoms with Crippen LogP contribution >= 0.6 is 0 Å². The van der Waals surface area contributed by atoms with Gasteiger partial charge >= 0.3 is 12.0 Å². The summed E-state index contributed by atoms with van der Waals surface area (Å²) >= 11 is 0. The highest BCUT2D eigenvalue weighted by Gasteiger charge is 2.36. The summed E-state index contributed by atoms with van der Waals surface area (Å²) in [6.45, 7) is 0.301. The van der Waals surface area contributed by atoms with E-state index in [1.54, 1.807) is 42.6 Å². The molecule has 174 valence electrons. The standard InChI is InChI=1S/C26H19N3O6/c1-34-25(32)22-12-11-18(35-22)15-28-14-16(19-9-5-6-10-21(19)28)13-20-23(30)27-26(33)29(24(20)31)17-7-3-2-4-8-17/h2-14H,15H2,1H3,(H,27,30,33)/b20-13+. The second-order valence-corrected chi connectivity index (χ2v) is 7.78. The molecule has 1 aliphatic heterocycles.